The van der Waals surface area contributed by atoms with Crippen LogP contribution in [-0.4, -0.2) is 36.6 Å². The summed E-state index contributed by atoms with van der Waals surface area (Å²) >= 11 is 0. The molecule has 25 heavy (non-hydrogen) atoms. The third-order valence-electron chi connectivity index (χ3n) is 3.07. The van der Waals surface area contributed by atoms with Crippen molar-refractivity contribution in [1.29, 1.82) is 0 Å². The number of nitrogens with one attached hydrogen (secondary N) is 1. The van der Waals surface area contributed by atoms with Gasteiger partial charge in [-0.3, -0.25) is 19.7 Å². The Morgan fingerprint density at radius 3 is 2.52 bits per heavy atom. The van der Waals surface area contributed by atoms with Crippen molar-refractivity contribution in [3.63, 3.8) is 0 Å². The maximum atomic E-state index is 11.9. The zero-order chi connectivity index (χ0) is 18.1. The van der Waals surface area contributed by atoms with E-state index < -0.39 is 16.8 Å². The molecule has 8 heteroatoms. The van der Waals surface area contributed by atoms with Crippen LogP contribution >= 0.6 is 0 Å². The molecule has 0 heterocycles. The van der Waals surface area contributed by atoms with Crippen LogP contribution in [0.1, 0.15) is 10.4 Å². The van der Waals surface area contributed by atoms with Crippen molar-refractivity contribution in [2.24, 2.45) is 0 Å². The molecule has 1 N–H and O–H groups in total. The quantitative estimate of drug-likeness (QED) is 0.339. The third kappa shape index (κ3) is 5.94. The Morgan fingerprint density at radius 1 is 1.04 bits per heavy atom. The van der Waals surface area contributed by atoms with Gasteiger partial charge in [-0.05, 0) is 18.2 Å². The van der Waals surface area contributed by atoms with Crippen LogP contribution in [0.25, 0.3) is 0 Å². The topological polar surface area (TPSA) is 108 Å². The molecule has 2 rings (SSSR count). The minimum atomic E-state index is -0.629. The number of carbonyl (C=O) groups excluding carboxylic acids is 2. The van der Waals surface area contributed by atoms with Crippen LogP contribution in [0.5, 0.6) is 5.75 Å². The molecule has 0 fully saturated rings. The van der Waals surface area contributed by atoms with Gasteiger partial charge in [-0.1, -0.05) is 24.3 Å². The maximum Gasteiger partial charge on any atom is 0.325 e. The molecule has 8 nitrogen and oxygen atoms in total. The first-order valence-corrected chi connectivity index (χ1v) is 7.42. The number of carbonyl (C=O) groups is 2. The molecule has 0 bridgehead atoms. The number of esters is 1. The highest BCUT2D eigenvalue weighted by atomic mass is 16.6. The highest BCUT2D eigenvalue weighted by molar-refractivity contribution is 5.96. The number of non-ortho nitro benzene ring substituents is 1. The number of rotatable bonds is 8. The minimum absolute atomic E-state index is 0.0421. The van der Waals surface area contributed by atoms with E-state index in [0.717, 1.165) is 6.07 Å². The summed E-state index contributed by atoms with van der Waals surface area (Å²) in [6, 6.07) is 14.3. The van der Waals surface area contributed by atoms with Gasteiger partial charge in [0.1, 0.15) is 25.5 Å². The van der Waals surface area contributed by atoms with Crippen LogP contribution in [-0.2, 0) is 9.53 Å². The van der Waals surface area contributed by atoms with Crippen molar-refractivity contribution in [3.8, 4) is 5.75 Å². The Balaban J connectivity index is 1.70. The molecule has 2 aromatic carbocycles. The smallest absolute Gasteiger partial charge is 0.325 e. The molecule has 2 aromatic rings. The number of benzene rings is 2. The zero-order valence-electron chi connectivity index (χ0n) is 13.2. The standard InChI is InChI=1S/C17H16N2O6/c20-16(25-10-9-24-15-7-2-1-3-8-15)12-18-17(21)13-5-4-6-14(11-13)19(22)23/h1-8,11H,9-10,12H2,(H,18,21). The summed E-state index contributed by atoms with van der Waals surface area (Å²) in [4.78, 5) is 33.5. The van der Waals surface area contributed by atoms with Crippen molar-refractivity contribution in [3.05, 3.63) is 70.3 Å². The van der Waals surface area contributed by atoms with Gasteiger partial charge in [0.05, 0.1) is 4.92 Å². The molecule has 0 unspecified atom stereocenters. The van der Waals surface area contributed by atoms with E-state index in [1.165, 1.54) is 18.2 Å². The summed E-state index contributed by atoms with van der Waals surface area (Å²) in [6.07, 6.45) is 0. The number of nitro benzene ring substituents is 1. The number of hydrogen-bond acceptors (Lipinski definition) is 6. The van der Waals surface area contributed by atoms with Gasteiger partial charge >= 0.3 is 5.97 Å². The fraction of sp³-hybridized carbons (Fsp3) is 0.176. The summed E-state index contributed by atoms with van der Waals surface area (Å²) in [6.45, 7) is -0.109. The fourth-order valence-corrected chi connectivity index (χ4v) is 1.90. The van der Waals surface area contributed by atoms with E-state index in [0.29, 0.717) is 5.75 Å². The van der Waals surface area contributed by atoms with Gasteiger partial charge in [-0.2, -0.15) is 0 Å². The molecular weight excluding hydrogens is 328 g/mol. The average Bonchev–Trinajstić information content (AvgIpc) is 2.64. The molecular formula is C17H16N2O6. The van der Waals surface area contributed by atoms with E-state index in [9.17, 15) is 19.7 Å². The summed E-state index contributed by atoms with van der Waals surface area (Å²) in [5, 5.41) is 13.0. The first-order valence-electron chi connectivity index (χ1n) is 7.42. The van der Waals surface area contributed by atoms with Crippen molar-refractivity contribution >= 4 is 17.6 Å². The van der Waals surface area contributed by atoms with Crippen molar-refractivity contribution < 1.29 is 24.0 Å². The highest BCUT2D eigenvalue weighted by Crippen LogP contribution is 2.12. The normalized spacial score (nSPS) is 9.92. The van der Waals surface area contributed by atoms with Crippen molar-refractivity contribution in [1.82, 2.24) is 5.32 Å². The average molecular weight is 344 g/mol. The predicted octanol–water partition coefficient (Wildman–Crippen LogP) is 1.95. The Bertz CT molecular complexity index is 748. The van der Waals surface area contributed by atoms with Crippen LogP contribution in [0.3, 0.4) is 0 Å². The van der Waals surface area contributed by atoms with E-state index in [-0.39, 0.29) is 31.0 Å². The van der Waals surface area contributed by atoms with Gasteiger partial charge in [-0.15, -0.1) is 0 Å². The van der Waals surface area contributed by atoms with E-state index in [2.05, 4.69) is 5.32 Å². The lowest BCUT2D eigenvalue weighted by Crippen LogP contribution is -2.31. The first kappa shape index (κ1) is 17.9. The molecule has 0 spiro atoms. The molecule has 0 saturated carbocycles. The molecule has 0 aliphatic heterocycles. The summed E-state index contributed by atoms with van der Waals surface area (Å²) in [5.41, 5.74) is -0.109. The number of nitrogens with zero attached hydrogens (tertiary/aromatic N) is 1. The fourth-order valence-electron chi connectivity index (χ4n) is 1.90. The van der Waals surface area contributed by atoms with Crippen LogP contribution in [0, 0.1) is 10.1 Å². The van der Waals surface area contributed by atoms with Crippen LogP contribution < -0.4 is 10.1 Å². The van der Waals surface area contributed by atoms with E-state index in [1.807, 2.05) is 18.2 Å². The Kier molecular flexibility index (Phi) is 6.47. The van der Waals surface area contributed by atoms with E-state index in [4.69, 9.17) is 9.47 Å². The number of para-hydroxylation sites is 1. The molecule has 0 aliphatic carbocycles. The van der Waals surface area contributed by atoms with Crippen molar-refractivity contribution in [2.45, 2.75) is 0 Å². The van der Waals surface area contributed by atoms with Gasteiger partial charge in [0.15, 0.2) is 0 Å². The van der Waals surface area contributed by atoms with E-state index >= 15 is 0 Å². The Labute approximate surface area is 143 Å². The van der Waals surface area contributed by atoms with Gasteiger partial charge in [0.25, 0.3) is 11.6 Å². The van der Waals surface area contributed by atoms with Gasteiger partial charge in [-0.25, -0.2) is 0 Å². The molecule has 0 atom stereocenters. The van der Waals surface area contributed by atoms with Gasteiger partial charge in [0.2, 0.25) is 0 Å². The Hall–Kier alpha value is -3.42. The number of amides is 1. The second kappa shape index (κ2) is 9.02. The number of nitro groups is 1. The van der Waals surface area contributed by atoms with Gasteiger partial charge in [0, 0.05) is 17.7 Å². The molecule has 1 amide bonds. The lowest BCUT2D eigenvalue weighted by molar-refractivity contribution is -0.384. The maximum absolute atomic E-state index is 11.9. The second-order valence-corrected chi connectivity index (χ2v) is 4.87. The zero-order valence-corrected chi connectivity index (χ0v) is 13.2. The first-order chi connectivity index (χ1) is 12.1. The Morgan fingerprint density at radius 2 is 1.80 bits per heavy atom. The van der Waals surface area contributed by atoms with Crippen LogP contribution in [0.2, 0.25) is 0 Å². The minimum Gasteiger partial charge on any atom is -0.490 e. The largest absolute Gasteiger partial charge is 0.490 e. The second-order valence-electron chi connectivity index (χ2n) is 4.87. The van der Waals surface area contributed by atoms with Crippen LogP contribution in [0.15, 0.2) is 54.6 Å². The lowest BCUT2D eigenvalue weighted by atomic mass is 10.2. The summed E-state index contributed by atoms with van der Waals surface area (Å²) in [7, 11) is 0. The van der Waals surface area contributed by atoms with Crippen LogP contribution in [0.4, 0.5) is 5.69 Å². The summed E-state index contributed by atoms with van der Waals surface area (Å²) < 4.78 is 10.3. The number of hydrogen-bond donors (Lipinski definition) is 1. The molecule has 0 saturated heterocycles. The summed E-state index contributed by atoms with van der Waals surface area (Å²) in [5.74, 6) is -0.561. The predicted molar refractivity (Wildman–Crippen MR) is 88.3 cm³/mol. The number of ether oxygens (including phenoxy) is 2. The lowest BCUT2D eigenvalue weighted by Gasteiger charge is -2.08. The third-order valence-corrected chi connectivity index (χ3v) is 3.07. The van der Waals surface area contributed by atoms with Gasteiger partial charge < -0.3 is 14.8 Å². The SMILES string of the molecule is O=C(CNC(=O)c1cccc([N+](=O)[O-])c1)OCCOc1ccccc1. The molecule has 130 valence electrons. The molecule has 0 aromatic heterocycles. The van der Waals surface area contributed by atoms with Crippen molar-refractivity contribution in [2.75, 3.05) is 19.8 Å². The monoisotopic (exact) mass is 344 g/mol. The molecule has 0 aliphatic rings. The highest BCUT2D eigenvalue weighted by Gasteiger charge is 2.12. The van der Waals surface area contributed by atoms with E-state index in [1.54, 1.807) is 12.1 Å². The molecule has 0 radical (unpaired) electrons.